The monoisotopic (exact) mass is 315 g/mol. The molecular weight excluding hydrogens is 302 g/mol. The van der Waals surface area contributed by atoms with Gasteiger partial charge in [0.05, 0.1) is 4.90 Å². The van der Waals surface area contributed by atoms with E-state index in [-0.39, 0.29) is 16.8 Å². The van der Waals surface area contributed by atoms with E-state index in [9.17, 15) is 13.2 Å². The Morgan fingerprint density at radius 2 is 2.10 bits per heavy atom. The summed E-state index contributed by atoms with van der Waals surface area (Å²) in [5.74, 6) is 0.406. The van der Waals surface area contributed by atoms with Crippen molar-refractivity contribution in [2.75, 3.05) is 0 Å². The van der Waals surface area contributed by atoms with Crippen molar-refractivity contribution in [1.29, 1.82) is 0 Å². The number of amides is 1. The number of hydrogen-bond acceptors (Lipinski definition) is 4. The molecule has 0 spiro atoms. The smallest absolute Gasteiger partial charge is 0.261 e. The van der Waals surface area contributed by atoms with Crippen LogP contribution in [0.25, 0.3) is 0 Å². The molecule has 2 aliphatic rings. The second-order valence-corrected chi connectivity index (χ2v) is 7.72. The summed E-state index contributed by atoms with van der Waals surface area (Å²) >= 11 is 0. The van der Waals surface area contributed by atoms with Gasteiger partial charge in [-0.15, -0.1) is 0 Å². The standard InChI is InChI=1S/C13H14ClNO4S/c14-20(17,18)10-4-5-11-8(6-10)7-12(19-11)13(16)15-9-2-1-3-9/h4-6,9,12H,1-3,7H2,(H,15,16). The Morgan fingerprint density at radius 3 is 2.70 bits per heavy atom. The number of rotatable bonds is 3. The second kappa shape index (κ2) is 4.93. The van der Waals surface area contributed by atoms with E-state index in [1.165, 1.54) is 12.1 Å². The van der Waals surface area contributed by atoms with Gasteiger partial charge in [-0.2, -0.15) is 0 Å². The fraction of sp³-hybridized carbons (Fsp3) is 0.462. The Labute approximate surface area is 121 Å². The molecule has 5 nitrogen and oxygen atoms in total. The molecule has 0 radical (unpaired) electrons. The van der Waals surface area contributed by atoms with Crippen LogP contribution in [-0.4, -0.2) is 26.5 Å². The van der Waals surface area contributed by atoms with Crippen molar-refractivity contribution in [1.82, 2.24) is 5.32 Å². The molecule has 1 aliphatic heterocycles. The number of ether oxygens (including phenoxy) is 1. The molecule has 1 unspecified atom stereocenters. The lowest BCUT2D eigenvalue weighted by molar-refractivity contribution is -0.128. The van der Waals surface area contributed by atoms with Gasteiger partial charge in [0.25, 0.3) is 15.0 Å². The molecule has 1 fully saturated rings. The highest BCUT2D eigenvalue weighted by atomic mass is 35.7. The van der Waals surface area contributed by atoms with Crippen LogP contribution in [0.4, 0.5) is 0 Å². The maximum Gasteiger partial charge on any atom is 0.261 e. The first kappa shape index (κ1) is 13.7. The van der Waals surface area contributed by atoms with Gasteiger partial charge in [0.2, 0.25) is 0 Å². The minimum Gasteiger partial charge on any atom is -0.480 e. The van der Waals surface area contributed by atoms with Crippen molar-refractivity contribution in [3.05, 3.63) is 23.8 Å². The summed E-state index contributed by atoms with van der Waals surface area (Å²) in [7, 11) is 1.55. The highest BCUT2D eigenvalue weighted by Gasteiger charge is 2.32. The van der Waals surface area contributed by atoms with Crippen LogP contribution >= 0.6 is 10.7 Å². The SMILES string of the molecule is O=C(NC1CCC1)C1Cc2cc(S(=O)(=O)Cl)ccc2O1. The predicted molar refractivity (Wildman–Crippen MR) is 73.4 cm³/mol. The lowest BCUT2D eigenvalue weighted by Gasteiger charge is -2.27. The third-order valence-electron chi connectivity index (χ3n) is 3.73. The maximum absolute atomic E-state index is 12.0. The van der Waals surface area contributed by atoms with Gasteiger partial charge in [-0.05, 0) is 43.0 Å². The normalized spacial score (nSPS) is 21.8. The maximum atomic E-state index is 12.0. The zero-order valence-corrected chi connectivity index (χ0v) is 12.2. The van der Waals surface area contributed by atoms with Gasteiger partial charge in [0.15, 0.2) is 6.10 Å². The molecule has 1 aromatic rings. The van der Waals surface area contributed by atoms with Crippen LogP contribution in [0.5, 0.6) is 5.75 Å². The highest BCUT2D eigenvalue weighted by Crippen LogP contribution is 2.32. The Bertz CT molecular complexity index is 654. The average Bonchev–Trinajstić information content (AvgIpc) is 2.75. The Balaban J connectivity index is 1.73. The van der Waals surface area contributed by atoms with E-state index in [0.717, 1.165) is 19.3 Å². The van der Waals surface area contributed by atoms with E-state index in [2.05, 4.69) is 5.32 Å². The van der Waals surface area contributed by atoms with E-state index < -0.39 is 15.2 Å². The number of carbonyl (C=O) groups is 1. The molecule has 0 aromatic heterocycles. The third-order valence-corrected chi connectivity index (χ3v) is 5.08. The van der Waals surface area contributed by atoms with E-state index in [1.54, 1.807) is 6.07 Å². The van der Waals surface area contributed by atoms with Crippen molar-refractivity contribution in [2.24, 2.45) is 0 Å². The summed E-state index contributed by atoms with van der Waals surface area (Å²) in [5.41, 5.74) is 0.695. The van der Waals surface area contributed by atoms with Gasteiger partial charge in [-0.3, -0.25) is 4.79 Å². The molecule has 1 aliphatic carbocycles. The van der Waals surface area contributed by atoms with E-state index in [1.807, 2.05) is 0 Å². The van der Waals surface area contributed by atoms with Crippen LogP contribution in [0.3, 0.4) is 0 Å². The summed E-state index contributed by atoms with van der Waals surface area (Å²) in [4.78, 5) is 12.0. The number of halogens is 1. The van der Waals surface area contributed by atoms with Gasteiger partial charge in [0.1, 0.15) is 5.75 Å². The quantitative estimate of drug-likeness (QED) is 0.860. The third kappa shape index (κ3) is 2.62. The molecule has 108 valence electrons. The van der Waals surface area contributed by atoms with Crippen LogP contribution < -0.4 is 10.1 Å². The Kier molecular flexibility index (Phi) is 3.38. The molecule has 3 rings (SSSR count). The zero-order valence-electron chi connectivity index (χ0n) is 10.6. The molecule has 0 bridgehead atoms. The van der Waals surface area contributed by atoms with Crippen molar-refractivity contribution in [2.45, 2.75) is 42.7 Å². The van der Waals surface area contributed by atoms with Crippen molar-refractivity contribution >= 4 is 25.6 Å². The van der Waals surface area contributed by atoms with Gasteiger partial charge in [-0.25, -0.2) is 8.42 Å². The summed E-state index contributed by atoms with van der Waals surface area (Å²) in [5, 5.41) is 2.93. The van der Waals surface area contributed by atoms with Crippen LogP contribution in [0, 0.1) is 0 Å². The largest absolute Gasteiger partial charge is 0.480 e. The number of benzene rings is 1. The molecule has 1 aromatic carbocycles. The van der Waals surface area contributed by atoms with Crippen molar-refractivity contribution in [3.8, 4) is 5.75 Å². The molecule has 7 heteroatoms. The minimum atomic E-state index is -3.76. The molecule has 20 heavy (non-hydrogen) atoms. The van der Waals surface area contributed by atoms with Crippen LogP contribution in [0.1, 0.15) is 24.8 Å². The predicted octanol–water partition coefficient (Wildman–Crippen LogP) is 1.59. The number of fused-ring (bicyclic) bond motifs is 1. The summed E-state index contributed by atoms with van der Waals surface area (Å²) in [6, 6.07) is 4.65. The summed E-state index contributed by atoms with van der Waals surface area (Å²) in [6.07, 6.45) is 2.96. The van der Waals surface area contributed by atoms with Gasteiger partial charge < -0.3 is 10.1 Å². The molecule has 1 N–H and O–H groups in total. The Morgan fingerprint density at radius 1 is 1.35 bits per heavy atom. The Hall–Kier alpha value is -1.27. The second-order valence-electron chi connectivity index (χ2n) is 5.15. The van der Waals surface area contributed by atoms with E-state index in [0.29, 0.717) is 17.7 Å². The zero-order chi connectivity index (χ0) is 14.3. The van der Waals surface area contributed by atoms with Gasteiger partial charge in [0, 0.05) is 23.1 Å². The molecule has 1 saturated carbocycles. The average molecular weight is 316 g/mol. The topological polar surface area (TPSA) is 72.5 Å². The van der Waals surface area contributed by atoms with Gasteiger partial charge >= 0.3 is 0 Å². The van der Waals surface area contributed by atoms with Crippen molar-refractivity contribution in [3.63, 3.8) is 0 Å². The summed E-state index contributed by atoms with van der Waals surface area (Å²) < 4.78 is 28.1. The van der Waals surface area contributed by atoms with Crippen LogP contribution in [0.2, 0.25) is 0 Å². The summed E-state index contributed by atoms with van der Waals surface area (Å²) in [6.45, 7) is 0. The molecule has 1 amide bonds. The first-order chi connectivity index (χ1) is 9.43. The lowest BCUT2D eigenvalue weighted by Crippen LogP contribution is -2.46. The van der Waals surface area contributed by atoms with E-state index >= 15 is 0 Å². The first-order valence-corrected chi connectivity index (χ1v) is 8.79. The minimum absolute atomic E-state index is 0.0292. The van der Waals surface area contributed by atoms with Crippen LogP contribution in [-0.2, 0) is 20.3 Å². The van der Waals surface area contributed by atoms with Gasteiger partial charge in [-0.1, -0.05) is 0 Å². The highest BCUT2D eigenvalue weighted by molar-refractivity contribution is 8.13. The lowest BCUT2D eigenvalue weighted by atomic mass is 9.93. The number of nitrogens with one attached hydrogen (secondary N) is 1. The number of hydrogen-bond donors (Lipinski definition) is 1. The molecule has 0 saturated heterocycles. The van der Waals surface area contributed by atoms with Crippen molar-refractivity contribution < 1.29 is 17.9 Å². The molecular formula is C13H14ClNO4S. The fourth-order valence-electron chi connectivity index (χ4n) is 2.37. The fourth-order valence-corrected chi connectivity index (χ4v) is 3.17. The molecule has 1 atom stereocenters. The molecule has 1 heterocycles. The van der Waals surface area contributed by atoms with E-state index in [4.69, 9.17) is 15.4 Å². The first-order valence-electron chi connectivity index (χ1n) is 6.48. The number of carbonyl (C=O) groups excluding carboxylic acids is 1. The van der Waals surface area contributed by atoms with Crippen LogP contribution in [0.15, 0.2) is 23.1 Å².